The van der Waals surface area contributed by atoms with Gasteiger partial charge in [0.15, 0.2) is 13.1 Å². The number of quaternary nitrogens is 2. The summed E-state index contributed by atoms with van der Waals surface area (Å²) in [5, 5.41) is 3.07. The Hall–Kier alpha value is -1.92. The Morgan fingerprint density at radius 1 is 1.04 bits per heavy atom. The fraction of sp³-hybridized carbons (Fsp3) is 0.600. The molecule has 0 atom stereocenters. The van der Waals surface area contributed by atoms with Gasteiger partial charge in [0.2, 0.25) is 0 Å². The van der Waals surface area contributed by atoms with E-state index in [4.69, 9.17) is 0 Å². The summed E-state index contributed by atoms with van der Waals surface area (Å²) in [5.41, 5.74) is 3.12. The van der Waals surface area contributed by atoms with Gasteiger partial charge in [-0.05, 0) is 38.8 Å². The van der Waals surface area contributed by atoms with Crippen LogP contribution < -0.4 is 15.1 Å². The molecular formula is C20H34N4O2+2. The number of carbonyl (C=O) groups excluding carboxylic acids is 2. The van der Waals surface area contributed by atoms with Gasteiger partial charge in [-0.2, -0.15) is 0 Å². The van der Waals surface area contributed by atoms with Crippen LogP contribution in [0, 0.1) is 13.8 Å². The zero-order valence-electron chi connectivity index (χ0n) is 16.8. The van der Waals surface area contributed by atoms with Gasteiger partial charge in [-0.25, -0.2) is 0 Å². The van der Waals surface area contributed by atoms with E-state index in [1.807, 2.05) is 57.8 Å². The molecule has 1 heterocycles. The smallest absolute Gasteiger partial charge is 0.279 e. The molecule has 1 aliphatic rings. The van der Waals surface area contributed by atoms with Crippen molar-refractivity contribution in [1.82, 2.24) is 4.90 Å². The highest BCUT2D eigenvalue weighted by molar-refractivity contribution is 5.93. The fourth-order valence-electron chi connectivity index (χ4n) is 3.36. The van der Waals surface area contributed by atoms with Gasteiger partial charge in [-0.3, -0.25) is 9.59 Å². The van der Waals surface area contributed by atoms with Gasteiger partial charge >= 0.3 is 0 Å². The summed E-state index contributed by atoms with van der Waals surface area (Å²) in [4.78, 5) is 29.0. The number of aryl methyl sites for hydroxylation is 2. The summed E-state index contributed by atoms with van der Waals surface area (Å²) < 4.78 is 0. The Labute approximate surface area is 157 Å². The molecule has 1 aromatic carbocycles. The van der Waals surface area contributed by atoms with Crippen LogP contribution in [0.2, 0.25) is 0 Å². The Morgan fingerprint density at radius 2 is 1.54 bits per heavy atom. The highest BCUT2D eigenvalue weighted by Gasteiger charge is 2.27. The molecule has 6 nitrogen and oxygen atoms in total. The average molecular weight is 363 g/mol. The first-order valence-electron chi connectivity index (χ1n) is 9.56. The van der Waals surface area contributed by atoms with E-state index in [0.29, 0.717) is 13.1 Å². The van der Waals surface area contributed by atoms with Crippen molar-refractivity contribution < 1.29 is 19.4 Å². The fourth-order valence-corrected chi connectivity index (χ4v) is 3.36. The van der Waals surface area contributed by atoms with Crippen molar-refractivity contribution in [2.45, 2.75) is 33.7 Å². The van der Waals surface area contributed by atoms with E-state index in [-0.39, 0.29) is 17.9 Å². The zero-order chi connectivity index (χ0) is 19.3. The van der Waals surface area contributed by atoms with Crippen molar-refractivity contribution in [3.8, 4) is 0 Å². The van der Waals surface area contributed by atoms with E-state index in [1.54, 1.807) is 0 Å². The molecule has 26 heavy (non-hydrogen) atoms. The molecule has 0 bridgehead atoms. The predicted molar refractivity (Wildman–Crippen MR) is 104 cm³/mol. The lowest BCUT2D eigenvalue weighted by Crippen LogP contribution is -3.28. The van der Waals surface area contributed by atoms with Crippen LogP contribution in [-0.2, 0) is 9.59 Å². The molecule has 2 amide bonds. The number of piperazine rings is 1. The molecule has 144 valence electrons. The number of carbonyl (C=O) groups is 2. The molecule has 1 aromatic rings. The molecule has 2 rings (SSSR count). The highest BCUT2D eigenvalue weighted by atomic mass is 16.2. The van der Waals surface area contributed by atoms with Gasteiger partial charge in [0, 0.05) is 18.8 Å². The maximum absolute atomic E-state index is 12.4. The number of para-hydroxylation sites is 1. The number of benzene rings is 1. The number of amides is 2. The van der Waals surface area contributed by atoms with Crippen LogP contribution in [0.5, 0.6) is 0 Å². The summed E-state index contributed by atoms with van der Waals surface area (Å²) in [7, 11) is 1.87. The lowest BCUT2D eigenvalue weighted by molar-refractivity contribution is -1.00. The van der Waals surface area contributed by atoms with Crippen LogP contribution in [0.1, 0.15) is 25.0 Å². The summed E-state index contributed by atoms with van der Waals surface area (Å²) in [6.07, 6.45) is 0. The molecule has 0 unspecified atom stereocenters. The van der Waals surface area contributed by atoms with Gasteiger partial charge in [-0.15, -0.1) is 0 Å². The topological polar surface area (TPSA) is 58.3 Å². The maximum atomic E-state index is 12.4. The number of anilines is 1. The van der Waals surface area contributed by atoms with Crippen molar-refractivity contribution in [3.05, 3.63) is 29.3 Å². The molecule has 0 radical (unpaired) electrons. The Balaban J connectivity index is 1.78. The second-order valence-corrected chi connectivity index (χ2v) is 7.77. The van der Waals surface area contributed by atoms with E-state index in [2.05, 4.69) is 5.32 Å². The largest absolute Gasteiger partial charge is 0.338 e. The minimum Gasteiger partial charge on any atom is -0.338 e. The molecule has 1 aliphatic heterocycles. The van der Waals surface area contributed by atoms with Crippen molar-refractivity contribution in [3.63, 3.8) is 0 Å². The minimum atomic E-state index is 0.0662. The van der Waals surface area contributed by atoms with Crippen molar-refractivity contribution in [2.24, 2.45) is 0 Å². The number of hydrogen-bond acceptors (Lipinski definition) is 2. The molecule has 0 aromatic heterocycles. The third kappa shape index (κ3) is 5.54. The summed E-state index contributed by atoms with van der Waals surface area (Å²) >= 11 is 0. The zero-order valence-corrected chi connectivity index (χ0v) is 16.8. The Morgan fingerprint density at radius 3 is 2.04 bits per heavy atom. The normalized spacial score (nSPS) is 20.1. The second kappa shape index (κ2) is 9.14. The minimum absolute atomic E-state index is 0.0662. The van der Waals surface area contributed by atoms with E-state index in [9.17, 15) is 9.59 Å². The first-order chi connectivity index (χ1) is 12.3. The van der Waals surface area contributed by atoms with Crippen LogP contribution in [0.4, 0.5) is 5.69 Å². The van der Waals surface area contributed by atoms with E-state index in [0.717, 1.165) is 43.0 Å². The molecule has 0 aliphatic carbocycles. The van der Waals surface area contributed by atoms with Crippen LogP contribution in [0.25, 0.3) is 0 Å². The van der Waals surface area contributed by atoms with Gasteiger partial charge in [0.05, 0.1) is 0 Å². The third-order valence-electron chi connectivity index (χ3n) is 5.39. The monoisotopic (exact) mass is 362 g/mol. The van der Waals surface area contributed by atoms with Crippen molar-refractivity contribution in [1.29, 1.82) is 0 Å². The van der Waals surface area contributed by atoms with E-state index < -0.39 is 0 Å². The van der Waals surface area contributed by atoms with Crippen LogP contribution in [0.15, 0.2) is 18.2 Å². The molecule has 1 fully saturated rings. The Bertz CT molecular complexity index is 616. The molecule has 6 heteroatoms. The maximum Gasteiger partial charge on any atom is 0.279 e. The molecule has 3 N–H and O–H groups in total. The molecule has 1 saturated heterocycles. The first kappa shape index (κ1) is 20.4. The average Bonchev–Trinajstić information content (AvgIpc) is 2.59. The van der Waals surface area contributed by atoms with Gasteiger partial charge in [-0.1, -0.05) is 18.2 Å². The van der Waals surface area contributed by atoms with Gasteiger partial charge in [0.1, 0.15) is 26.2 Å². The van der Waals surface area contributed by atoms with Gasteiger partial charge in [0.25, 0.3) is 11.8 Å². The number of nitrogens with zero attached hydrogens (tertiary/aromatic N) is 1. The highest BCUT2D eigenvalue weighted by Crippen LogP contribution is 2.18. The van der Waals surface area contributed by atoms with Crippen molar-refractivity contribution >= 4 is 17.5 Å². The predicted octanol–water partition coefficient (Wildman–Crippen LogP) is -1.11. The summed E-state index contributed by atoms with van der Waals surface area (Å²) in [6.45, 7) is 12.9. The lowest BCUT2D eigenvalue weighted by Gasteiger charge is -2.30. The summed E-state index contributed by atoms with van der Waals surface area (Å²) in [6, 6.07) is 6.28. The number of likely N-dealkylation sites (N-methyl/N-ethyl adjacent to an activating group) is 1. The molecular weight excluding hydrogens is 328 g/mol. The van der Waals surface area contributed by atoms with Crippen LogP contribution >= 0.6 is 0 Å². The number of rotatable bonds is 6. The number of hydrogen-bond donors (Lipinski definition) is 3. The molecule has 0 spiro atoms. The summed E-state index contributed by atoms with van der Waals surface area (Å²) in [5.74, 6) is 0.266. The first-order valence-corrected chi connectivity index (χ1v) is 9.56. The van der Waals surface area contributed by atoms with Crippen molar-refractivity contribution in [2.75, 3.05) is 51.6 Å². The third-order valence-corrected chi connectivity index (χ3v) is 5.39. The SMILES string of the molecule is Cc1cccc(C)c1NC(=O)C[NH+]1CC[NH+](CC(=O)N(C)C(C)C)CC1. The standard InChI is InChI=1S/C20H32N4O2/c1-15(2)22(5)19(26)14-24-11-9-23(10-12-24)13-18(25)21-20-16(3)7-6-8-17(20)4/h6-8,15H,9-14H2,1-5H3,(H,21,25)/p+2. The second-order valence-electron chi connectivity index (χ2n) is 7.77. The van der Waals surface area contributed by atoms with Crippen LogP contribution in [-0.4, -0.2) is 69.1 Å². The van der Waals surface area contributed by atoms with Gasteiger partial charge < -0.3 is 20.0 Å². The Kier molecular flexibility index (Phi) is 7.17. The lowest BCUT2D eigenvalue weighted by atomic mass is 10.1. The quantitative estimate of drug-likeness (QED) is 0.601. The molecule has 0 saturated carbocycles. The number of nitrogens with one attached hydrogen (secondary N) is 3. The van der Waals surface area contributed by atoms with Crippen LogP contribution in [0.3, 0.4) is 0 Å². The van der Waals surface area contributed by atoms with E-state index >= 15 is 0 Å². The van der Waals surface area contributed by atoms with E-state index in [1.165, 1.54) is 9.80 Å².